The summed E-state index contributed by atoms with van der Waals surface area (Å²) in [6.07, 6.45) is 0.357. The lowest BCUT2D eigenvalue weighted by Crippen LogP contribution is -2.53. The van der Waals surface area contributed by atoms with Crippen molar-refractivity contribution in [3.63, 3.8) is 0 Å². The number of alkyl halides is 2. The Labute approximate surface area is 237 Å². The molecule has 5 rings (SSSR count). The number of nitrogens with one attached hydrogen (secondary N) is 1. The molecule has 2 aliphatic rings. The van der Waals surface area contributed by atoms with E-state index in [4.69, 9.17) is 9.47 Å². The molecule has 0 aliphatic carbocycles. The first-order valence-corrected chi connectivity index (χ1v) is 13.7. The summed E-state index contributed by atoms with van der Waals surface area (Å²) in [5.41, 5.74) is 2.50. The van der Waals surface area contributed by atoms with Crippen LogP contribution < -0.4 is 0 Å². The summed E-state index contributed by atoms with van der Waals surface area (Å²) in [5.74, 6) is -1.03. The fourth-order valence-electron chi connectivity index (χ4n) is 5.44. The topological polar surface area (TPSA) is 108 Å². The summed E-state index contributed by atoms with van der Waals surface area (Å²) < 4.78 is 38.6. The lowest BCUT2D eigenvalue weighted by molar-refractivity contribution is -0.166. The Kier molecular flexibility index (Phi) is 7.54. The van der Waals surface area contributed by atoms with Crippen molar-refractivity contribution in [1.29, 1.82) is 0 Å². The van der Waals surface area contributed by atoms with E-state index < -0.39 is 35.7 Å². The number of pyridine rings is 1. The van der Waals surface area contributed by atoms with Crippen LogP contribution in [0.4, 0.5) is 13.6 Å². The number of hydrogen-bond donors (Lipinski definition) is 2. The molecule has 0 spiro atoms. The highest BCUT2D eigenvalue weighted by Crippen LogP contribution is 2.38. The van der Waals surface area contributed by atoms with Gasteiger partial charge in [0.25, 0.3) is 12.3 Å². The molecule has 2 atom stereocenters. The fraction of sp³-hybridized carbons (Fsp3) is 0.500. The number of halogens is 2. The van der Waals surface area contributed by atoms with Crippen LogP contribution in [-0.4, -0.2) is 80.8 Å². The van der Waals surface area contributed by atoms with E-state index in [-0.39, 0.29) is 19.7 Å². The Morgan fingerprint density at radius 2 is 1.93 bits per heavy atom. The Morgan fingerprint density at radius 1 is 1.17 bits per heavy atom. The van der Waals surface area contributed by atoms with E-state index in [0.717, 1.165) is 51.3 Å². The number of H-pyrrole nitrogens is 1. The second kappa shape index (κ2) is 10.7. The van der Waals surface area contributed by atoms with Crippen LogP contribution in [0.3, 0.4) is 0 Å². The Bertz CT molecular complexity index is 1480. The SMILES string of the molecule is Cc1c[nH]c2ncc(-c3cc4c(c(C5COCCN5C(=O)OC(C)(C)C)c3)CN(C(=O)[C@](C)(O)C(F)F)CC4)cc12. The minimum absolute atomic E-state index is 0.0134. The number of aromatic amines is 1. The van der Waals surface area contributed by atoms with Gasteiger partial charge in [-0.1, -0.05) is 6.07 Å². The van der Waals surface area contributed by atoms with Crippen molar-refractivity contribution in [3.05, 3.63) is 52.8 Å². The Hall–Kier alpha value is -3.57. The van der Waals surface area contributed by atoms with Crippen LogP contribution in [0.25, 0.3) is 22.2 Å². The molecule has 4 heterocycles. The molecule has 220 valence electrons. The molecular weight excluding hydrogens is 534 g/mol. The molecule has 0 radical (unpaired) electrons. The molecule has 41 heavy (non-hydrogen) atoms. The minimum Gasteiger partial charge on any atom is -0.444 e. The minimum atomic E-state index is -3.23. The predicted octanol–water partition coefficient (Wildman–Crippen LogP) is 4.75. The van der Waals surface area contributed by atoms with Gasteiger partial charge in [0.1, 0.15) is 11.2 Å². The van der Waals surface area contributed by atoms with Gasteiger partial charge in [0.05, 0.1) is 19.3 Å². The normalized spacial score (nSPS) is 19.3. The van der Waals surface area contributed by atoms with E-state index in [1.54, 1.807) is 31.9 Å². The first kappa shape index (κ1) is 28.9. The van der Waals surface area contributed by atoms with Crippen molar-refractivity contribution in [3.8, 4) is 11.1 Å². The molecule has 2 aromatic heterocycles. The number of aryl methyl sites for hydroxylation is 1. The van der Waals surface area contributed by atoms with Crippen molar-refractivity contribution in [2.24, 2.45) is 0 Å². The number of benzene rings is 1. The van der Waals surface area contributed by atoms with Crippen LogP contribution in [-0.2, 0) is 27.2 Å². The first-order chi connectivity index (χ1) is 19.3. The Balaban J connectivity index is 1.61. The molecule has 11 heteroatoms. The molecule has 2 amide bonds. The van der Waals surface area contributed by atoms with Gasteiger partial charge >= 0.3 is 6.09 Å². The highest BCUT2D eigenvalue weighted by atomic mass is 19.3. The van der Waals surface area contributed by atoms with Crippen LogP contribution in [0.15, 0.2) is 30.6 Å². The summed E-state index contributed by atoms with van der Waals surface area (Å²) in [6.45, 7) is 9.26. The van der Waals surface area contributed by atoms with E-state index in [9.17, 15) is 23.5 Å². The van der Waals surface area contributed by atoms with Crippen LogP contribution in [0, 0.1) is 6.92 Å². The van der Waals surface area contributed by atoms with Crippen molar-refractivity contribution in [2.75, 3.05) is 26.3 Å². The number of amides is 2. The van der Waals surface area contributed by atoms with Gasteiger partial charge in [-0.25, -0.2) is 18.6 Å². The average molecular weight is 571 g/mol. The number of nitrogens with zero attached hydrogens (tertiary/aromatic N) is 3. The van der Waals surface area contributed by atoms with Gasteiger partial charge < -0.3 is 24.5 Å². The number of hydrogen-bond acceptors (Lipinski definition) is 6. The summed E-state index contributed by atoms with van der Waals surface area (Å²) in [7, 11) is 0. The maximum Gasteiger partial charge on any atom is 0.410 e. The van der Waals surface area contributed by atoms with Gasteiger partial charge in [-0.15, -0.1) is 0 Å². The standard InChI is InChI=1S/C30H36F2N4O5/c1-17-13-33-25-21(17)12-20(14-34-25)19-10-18-6-7-35(27(37)30(5,39)26(31)32)15-23(18)22(11-19)24-16-40-9-8-36(24)28(38)41-29(2,3)4/h10-14,24,26,39H,6-9,15-16H2,1-5H3,(H,33,34)/t24?,30-/m1/s1. The van der Waals surface area contributed by atoms with Crippen molar-refractivity contribution >= 4 is 23.0 Å². The van der Waals surface area contributed by atoms with Crippen molar-refractivity contribution in [2.45, 2.75) is 71.3 Å². The summed E-state index contributed by atoms with van der Waals surface area (Å²) >= 11 is 0. The molecule has 2 aliphatic heterocycles. The highest BCUT2D eigenvalue weighted by molar-refractivity contribution is 5.86. The number of carbonyl (C=O) groups excluding carboxylic acids is 2. The summed E-state index contributed by atoms with van der Waals surface area (Å²) in [6, 6.07) is 5.50. The second-order valence-corrected chi connectivity index (χ2v) is 12.0. The van der Waals surface area contributed by atoms with Gasteiger partial charge in [0.2, 0.25) is 5.60 Å². The maximum absolute atomic E-state index is 13.5. The lowest BCUT2D eigenvalue weighted by atomic mass is 9.86. The molecule has 1 saturated heterocycles. The quantitative estimate of drug-likeness (QED) is 0.469. The molecule has 3 aromatic rings. The number of aliphatic hydroxyl groups is 1. The number of rotatable bonds is 4. The van der Waals surface area contributed by atoms with Crippen LogP contribution >= 0.6 is 0 Å². The highest BCUT2D eigenvalue weighted by Gasteiger charge is 2.44. The van der Waals surface area contributed by atoms with E-state index in [1.807, 2.05) is 25.3 Å². The lowest BCUT2D eigenvalue weighted by Gasteiger charge is -2.40. The van der Waals surface area contributed by atoms with Gasteiger partial charge in [-0.2, -0.15) is 0 Å². The third kappa shape index (κ3) is 5.65. The van der Waals surface area contributed by atoms with Gasteiger partial charge in [-0.3, -0.25) is 9.69 Å². The average Bonchev–Trinajstić information content (AvgIpc) is 3.30. The van der Waals surface area contributed by atoms with E-state index >= 15 is 0 Å². The zero-order valence-corrected chi connectivity index (χ0v) is 24.0. The predicted molar refractivity (Wildman–Crippen MR) is 149 cm³/mol. The molecule has 9 nitrogen and oxygen atoms in total. The van der Waals surface area contributed by atoms with Crippen molar-refractivity contribution < 1.29 is 33.0 Å². The zero-order chi connectivity index (χ0) is 29.7. The number of morpholine rings is 1. The van der Waals surface area contributed by atoms with E-state index in [1.165, 1.54) is 4.90 Å². The Morgan fingerprint density at radius 3 is 2.63 bits per heavy atom. The smallest absolute Gasteiger partial charge is 0.410 e. The third-order valence-electron chi connectivity index (χ3n) is 7.71. The first-order valence-electron chi connectivity index (χ1n) is 13.7. The zero-order valence-electron chi connectivity index (χ0n) is 24.0. The maximum atomic E-state index is 13.5. The van der Waals surface area contributed by atoms with Crippen molar-refractivity contribution in [1.82, 2.24) is 19.8 Å². The summed E-state index contributed by atoms with van der Waals surface area (Å²) in [5, 5.41) is 11.2. The molecular formula is C30H36F2N4O5. The van der Waals surface area contributed by atoms with E-state index in [0.29, 0.717) is 19.6 Å². The molecule has 0 bridgehead atoms. The number of aromatic nitrogens is 2. The number of ether oxygens (including phenoxy) is 2. The largest absolute Gasteiger partial charge is 0.444 e. The molecule has 2 N–H and O–H groups in total. The monoisotopic (exact) mass is 570 g/mol. The molecule has 0 saturated carbocycles. The second-order valence-electron chi connectivity index (χ2n) is 12.0. The van der Waals surface area contributed by atoms with Gasteiger partial charge in [0, 0.05) is 43.0 Å². The number of fused-ring (bicyclic) bond motifs is 2. The van der Waals surface area contributed by atoms with E-state index in [2.05, 4.69) is 16.0 Å². The summed E-state index contributed by atoms with van der Waals surface area (Å²) in [4.78, 5) is 36.9. The molecule has 1 aromatic carbocycles. The third-order valence-corrected chi connectivity index (χ3v) is 7.71. The van der Waals surface area contributed by atoms with Crippen LogP contribution in [0.5, 0.6) is 0 Å². The van der Waals surface area contributed by atoms with Gasteiger partial charge in [0.15, 0.2) is 0 Å². The number of carbonyl (C=O) groups is 2. The van der Waals surface area contributed by atoms with Crippen LogP contribution in [0.1, 0.15) is 56.0 Å². The fourth-order valence-corrected chi connectivity index (χ4v) is 5.44. The van der Waals surface area contributed by atoms with Gasteiger partial charge in [-0.05, 0) is 81.0 Å². The molecule has 1 unspecified atom stereocenters. The van der Waals surface area contributed by atoms with Crippen LogP contribution in [0.2, 0.25) is 0 Å². The molecule has 1 fully saturated rings.